The molecular formula is C38H66N2O6. The number of ether oxygens (including phenoxy) is 1. The zero-order valence-electron chi connectivity index (χ0n) is 29.8. The molecule has 5 rings (SSSR count). The van der Waals surface area contributed by atoms with Gasteiger partial charge >= 0.3 is 5.97 Å². The highest BCUT2D eigenvalue weighted by molar-refractivity contribution is 5.84. The second-order valence-corrected chi connectivity index (χ2v) is 17.2. The van der Waals surface area contributed by atoms with Crippen LogP contribution in [0.1, 0.15) is 125 Å². The Labute approximate surface area is 278 Å². The normalized spacial score (nSPS) is 41.3. The Kier molecular flexibility index (Phi) is 11.5. The van der Waals surface area contributed by atoms with Crippen molar-refractivity contribution in [3.8, 4) is 0 Å². The van der Waals surface area contributed by atoms with Crippen LogP contribution in [0.25, 0.3) is 0 Å². The van der Waals surface area contributed by atoms with Crippen molar-refractivity contribution in [3.05, 3.63) is 0 Å². The molecule has 1 saturated heterocycles. The summed E-state index contributed by atoms with van der Waals surface area (Å²) in [7, 11) is 0. The Morgan fingerprint density at radius 2 is 1.67 bits per heavy atom. The molecule has 4 N–H and O–H groups in total. The summed E-state index contributed by atoms with van der Waals surface area (Å²) >= 11 is 0. The summed E-state index contributed by atoms with van der Waals surface area (Å²) in [6, 6.07) is -0.648. The van der Waals surface area contributed by atoms with E-state index in [0.717, 1.165) is 77.4 Å². The highest BCUT2D eigenvalue weighted by atomic mass is 16.5. The number of carbonyl (C=O) groups excluding carboxylic acids is 2. The molecule has 1 amide bonds. The number of hydrogen-bond donors (Lipinski definition) is 4. The van der Waals surface area contributed by atoms with Crippen molar-refractivity contribution in [1.29, 1.82) is 0 Å². The van der Waals surface area contributed by atoms with Crippen LogP contribution in [0.5, 0.6) is 0 Å². The van der Waals surface area contributed by atoms with Crippen LogP contribution in [0.4, 0.5) is 0 Å². The molecule has 0 radical (unpaired) electrons. The molecular weight excluding hydrogens is 580 g/mol. The van der Waals surface area contributed by atoms with Crippen LogP contribution >= 0.6 is 0 Å². The summed E-state index contributed by atoms with van der Waals surface area (Å²) in [5.74, 6) is 1.08. The number of likely N-dealkylation sites (tertiary alicyclic amines) is 1. The number of fused-ring (bicyclic) bond motifs is 5. The Balaban J connectivity index is 1.15. The molecule has 1 aliphatic heterocycles. The fourth-order valence-electron chi connectivity index (χ4n) is 11.3. The lowest BCUT2D eigenvalue weighted by atomic mass is 9.43. The summed E-state index contributed by atoms with van der Waals surface area (Å²) < 4.78 is 5.92. The summed E-state index contributed by atoms with van der Waals surface area (Å²) in [6.07, 6.45) is 10.0. The van der Waals surface area contributed by atoms with Crippen molar-refractivity contribution in [2.45, 2.75) is 155 Å². The molecule has 4 saturated carbocycles. The van der Waals surface area contributed by atoms with Gasteiger partial charge in [0.05, 0.1) is 18.3 Å². The van der Waals surface area contributed by atoms with Crippen LogP contribution in [0.3, 0.4) is 0 Å². The lowest BCUT2D eigenvalue weighted by molar-refractivity contribution is -0.207. The molecule has 5 fully saturated rings. The molecule has 8 heteroatoms. The van der Waals surface area contributed by atoms with Gasteiger partial charge in [-0.3, -0.25) is 4.79 Å². The monoisotopic (exact) mass is 646 g/mol. The number of unbranched alkanes of at least 4 members (excludes halogenated alkanes) is 1. The summed E-state index contributed by atoms with van der Waals surface area (Å²) in [6.45, 7) is 16.0. The third kappa shape index (κ3) is 7.07. The molecule has 0 spiro atoms. The molecule has 0 aromatic heterocycles. The third-order valence-corrected chi connectivity index (χ3v) is 14.2. The van der Waals surface area contributed by atoms with Gasteiger partial charge in [-0.1, -0.05) is 48.0 Å². The van der Waals surface area contributed by atoms with Crippen molar-refractivity contribution < 1.29 is 29.6 Å². The zero-order valence-corrected chi connectivity index (χ0v) is 29.8. The zero-order chi connectivity index (χ0) is 33.4. The number of aliphatic hydroxyl groups excluding tert-OH is 3. The summed E-state index contributed by atoms with van der Waals surface area (Å²) in [5.41, 5.74) is -0.223. The SMILES string of the molecule is CCCCN1CCC(OC(=O)[C@H](NC(=O)CC[C@H](C)[C@@H]2CC[C@@H]3[C@@H]4[C@@H](C[C@@H](O)[C@]32C)[C@]2(C)CC[C@H](O)C[C@@H]2C[C@@H]4O)C(C)C)CC1. The molecule has 8 nitrogen and oxygen atoms in total. The predicted octanol–water partition coefficient (Wildman–Crippen LogP) is 5.31. The van der Waals surface area contributed by atoms with E-state index in [1.54, 1.807) is 0 Å². The number of esters is 1. The number of amides is 1. The largest absolute Gasteiger partial charge is 0.461 e. The number of nitrogens with zero attached hydrogens (tertiary/aromatic N) is 1. The first-order chi connectivity index (χ1) is 21.8. The Hall–Kier alpha value is -1.22. The Morgan fingerprint density at radius 3 is 2.35 bits per heavy atom. The molecule has 0 aromatic carbocycles. The van der Waals surface area contributed by atoms with Gasteiger partial charge in [-0.15, -0.1) is 0 Å². The van der Waals surface area contributed by atoms with Gasteiger partial charge < -0.3 is 30.3 Å². The minimum absolute atomic E-state index is 0.0610. The maximum atomic E-state index is 13.2. The number of carbonyl (C=O) groups is 2. The maximum Gasteiger partial charge on any atom is 0.329 e. The van der Waals surface area contributed by atoms with Crippen LogP contribution in [-0.4, -0.2) is 82.2 Å². The number of rotatable bonds is 11. The fourth-order valence-corrected chi connectivity index (χ4v) is 11.3. The standard InChI is InChI=1S/C38H66N2O6/c1-7-8-17-40-18-14-27(15-19-40)46-36(45)35(23(2)3)39-33(44)12-9-24(4)28-10-11-29-34-30(22-32(43)38(28,29)6)37(5)16-13-26(41)20-25(37)21-31(34)42/h23-32,34-35,41-43H,7-22H2,1-6H3,(H,39,44)/t24-,25+,26-,28-,29+,30+,31-,32+,34+,35+,37+,38-/m0/s1. The number of piperidine rings is 1. The molecule has 0 aromatic rings. The first kappa shape index (κ1) is 36.1. The van der Waals surface area contributed by atoms with Crippen molar-refractivity contribution in [1.82, 2.24) is 10.2 Å². The average Bonchev–Trinajstić information content (AvgIpc) is 3.37. The molecule has 1 heterocycles. The van der Waals surface area contributed by atoms with Crippen LogP contribution < -0.4 is 5.32 Å². The van der Waals surface area contributed by atoms with E-state index in [-0.39, 0.29) is 76.5 Å². The smallest absolute Gasteiger partial charge is 0.329 e. The molecule has 4 aliphatic carbocycles. The van der Waals surface area contributed by atoms with E-state index in [1.165, 1.54) is 12.8 Å². The first-order valence-corrected chi connectivity index (χ1v) is 19.1. The molecule has 264 valence electrons. The van der Waals surface area contributed by atoms with E-state index in [1.807, 2.05) is 13.8 Å². The van der Waals surface area contributed by atoms with E-state index in [0.29, 0.717) is 18.8 Å². The molecule has 46 heavy (non-hydrogen) atoms. The van der Waals surface area contributed by atoms with Crippen molar-refractivity contribution in [2.24, 2.45) is 52.3 Å². The number of nitrogens with one attached hydrogen (secondary N) is 1. The lowest BCUT2D eigenvalue weighted by Gasteiger charge is -2.63. The summed E-state index contributed by atoms with van der Waals surface area (Å²) in [5, 5.41) is 36.8. The average molecular weight is 647 g/mol. The maximum absolute atomic E-state index is 13.2. The lowest BCUT2D eigenvalue weighted by Crippen LogP contribution is -2.62. The second-order valence-electron chi connectivity index (χ2n) is 17.2. The van der Waals surface area contributed by atoms with E-state index in [2.05, 4.69) is 37.9 Å². The van der Waals surface area contributed by atoms with Gasteiger partial charge in [0.15, 0.2) is 0 Å². The van der Waals surface area contributed by atoms with Crippen LogP contribution in [0.15, 0.2) is 0 Å². The van der Waals surface area contributed by atoms with Gasteiger partial charge in [-0.25, -0.2) is 4.79 Å². The van der Waals surface area contributed by atoms with Crippen molar-refractivity contribution in [3.63, 3.8) is 0 Å². The first-order valence-electron chi connectivity index (χ1n) is 19.1. The molecule has 0 unspecified atom stereocenters. The minimum atomic E-state index is -0.648. The van der Waals surface area contributed by atoms with Gasteiger partial charge in [0.25, 0.3) is 0 Å². The fraction of sp³-hybridized carbons (Fsp3) is 0.947. The van der Waals surface area contributed by atoms with Crippen LogP contribution in [-0.2, 0) is 14.3 Å². The number of aliphatic hydroxyl groups is 3. The predicted molar refractivity (Wildman–Crippen MR) is 180 cm³/mol. The van der Waals surface area contributed by atoms with Gasteiger partial charge in [-0.2, -0.15) is 0 Å². The highest BCUT2D eigenvalue weighted by Crippen LogP contribution is 2.68. The summed E-state index contributed by atoms with van der Waals surface area (Å²) in [4.78, 5) is 28.9. The van der Waals surface area contributed by atoms with Gasteiger partial charge in [0.1, 0.15) is 12.1 Å². The van der Waals surface area contributed by atoms with Gasteiger partial charge in [0.2, 0.25) is 5.91 Å². The molecule has 5 aliphatic rings. The van der Waals surface area contributed by atoms with E-state index in [9.17, 15) is 24.9 Å². The van der Waals surface area contributed by atoms with E-state index in [4.69, 9.17) is 4.74 Å². The Morgan fingerprint density at radius 1 is 0.957 bits per heavy atom. The number of hydrogen-bond acceptors (Lipinski definition) is 7. The molecule has 12 atom stereocenters. The van der Waals surface area contributed by atoms with E-state index < -0.39 is 12.1 Å². The quantitative estimate of drug-likeness (QED) is 0.225. The molecule has 0 bridgehead atoms. The van der Waals surface area contributed by atoms with Crippen molar-refractivity contribution >= 4 is 11.9 Å². The van der Waals surface area contributed by atoms with Gasteiger partial charge in [0, 0.05) is 19.5 Å². The van der Waals surface area contributed by atoms with Crippen LogP contribution in [0.2, 0.25) is 0 Å². The second kappa shape index (κ2) is 14.7. The minimum Gasteiger partial charge on any atom is -0.461 e. The van der Waals surface area contributed by atoms with Crippen molar-refractivity contribution in [2.75, 3.05) is 19.6 Å². The topological polar surface area (TPSA) is 119 Å². The van der Waals surface area contributed by atoms with Crippen LogP contribution in [0, 0.1) is 52.3 Å². The Bertz CT molecular complexity index is 1050. The highest BCUT2D eigenvalue weighted by Gasteiger charge is 2.65. The van der Waals surface area contributed by atoms with E-state index >= 15 is 0 Å². The third-order valence-electron chi connectivity index (χ3n) is 14.2. The van der Waals surface area contributed by atoms with Gasteiger partial charge in [-0.05, 0) is 129 Å².